The lowest BCUT2D eigenvalue weighted by Crippen LogP contribution is -2.28. The van der Waals surface area contributed by atoms with Gasteiger partial charge in [0.2, 0.25) is 0 Å². The largest absolute Gasteiger partial charge is 0.456 e. The summed E-state index contributed by atoms with van der Waals surface area (Å²) in [5.41, 5.74) is 37.0. The van der Waals surface area contributed by atoms with E-state index in [0.717, 1.165) is 168 Å². The average molecular weight is 1780 g/mol. The Morgan fingerprint density at radius 3 is 1.07 bits per heavy atom. The molecule has 2 aliphatic heterocycles. The molecule has 0 spiro atoms. The smallest absolute Gasteiger partial charge is 0.178 e. The summed E-state index contributed by atoms with van der Waals surface area (Å²) in [4.78, 5) is 2.36. The lowest BCUT2D eigenvalue weighted by Gasteiger charge is -2.34. The van der Waals surface area contributed by atoms with Crippen molar-refractivity contribution in [1.82, 2.24) is 0 Å². The molecule has 2 unspecified atom stereocenters. The van der Waals surface area contributed by atoms with Gasteiger partial charge in [0.05, 0.1) is 10.8 Å². The summed E-state index contributed by atoms with van der Waals surface area (Å²) in [7, 11) is 0. The van der Waals surface area contributed by atoms with Crippen LogP contribution in [0.15, 0.2) is 458 Å². The molecule has 20 aromatic carbocycles. The summed E-state index contributed by atoms with van der Waals surface area (Å²) in [6.07, 6.45) is 0. The fraction of sp³-hybridized carbons (Fsp3) is 0.0625. The summed E-state index contributed by atoms with van der Waals surface area (Å²) >= 11 is 6.15. The second-order valence-corrected chi connectivity index (χ2v) is 37.8. The number of hydrogen-bond donors (Lipinski definition) is 1. The first-order valence-electron chi connectivity index (χ1n) is 46.8. The van der Waals surface area contributed by atoms with Crippen molar-refractivity contribution in [3.63, 3.8) is 0 Å². The van der Waals surface area contributed by atoms with Crippen molar-refractivity contribution < 1.29 is 27.8 Å². The fourth-order valence-corrected chi connectivity index (χ4v) is 23.0. The molecule has 137 heavy (non-hydrogen) atoms. The van der Waals surface area contributed by atoms with Gasteiger partial charge in [0, 0.05) is 89.1 Å². The van der Waals surface area contributed by atoms with E-state index in [0.29, 0.717) is 0 Å². The molecule has 1 N–H and O–H groups in total. The second kappa shape index (κ2) is 31.6. The third-order valence-electron chi connectivity index (χ3n) is 29.2. The van der Waals surface area contributed by atoms with Gasteiger partial charge < -0.3 is 38.0 Å². The number of hydrogen-bond acceptors (Lipinski definition) is 8. The molecule has 0 saturated carbocycles. The van der Waals surface area contributed by atoms with Crippen molar-refractivity contribution >= 4 is 83.9 Å². The van der Waals surface area contributed by atoms with Gasteiger partial charge in [0.25, 0.3) is 0 Å². The minimum Gasteiger partial charge on any atom is -0.456 e. The van der Waals surface area contributed by atoms with Crippen molar-refractivity contribution in [3.8, 4) is 113 Å². The summed E-state index contributed by atoms with van der Waals surface area (Å²) in [5.74, 6) is 5.87. The predicted octanol–water partition coefficient (Wildman–Crippen LogP) is 35.2. The van der Waals surface area contributed by atoms with Crippen molar-refractivity contribution in [2.75, 3.05) is 10.2 Å². The Labute approximate surface area is 799 Å². The number of fused-ring (bicyclic) bond motifs is 24. The van der Waals surface area contributed by atoms with Gasteiger partial charge in [-0.15, -0.1) is 0 Å². The summed E-state index contributed by atoms with van der Waals surface area (Å²) in [6, 6.07) is 159. The van der Waals surface area contributed by atoms with Crippen molar-refractivity contribution in [2.45, 2.75) is 49.4 Å². The van der Waals surface area contributed by atoms with Crippen LogP contribution in [0.5, 0.6) is 46.0 Å². The van der Waals surface area contributed by atoms with Crippen LogP contribution in [0.1, 0.15) is 94.5 Å². The molecule has 652 valence electrons. The molecule has 2 aromatic heterocycles. The van der Waals surface area contributed by atoms with Gasteiger partial charge in [0.15, 0.2) is 46.0 Å². The van der Waals surface area contributed by atoms with E-state index in [-0.39, 0.29) is 10.8 Å². The van der Waals surface area contributed by atoms with Crippen LogP contribution in [-0.4, -0.2) is 0 Å². The van der Waals surface area contributed by atoms with E-state index < -0.39 is 10.8 Å². The van der Waals surface area contributed by atoms with E-state index in [1.165, 1.54) is 89.0 Å². The number of nitrogens with zero attached hydrogens (tertiary/aromatic N) is 1. The molecule has 0 radical (unpaired) electrons. The van der Waals surface area contributed by atoms with E-state index in [2.05, 4.69) is 396 Å². The molecule has 8 nitrogen and oxygen atoms in total. The van der Waals surface area contributed by atoms with Crippen molar-refractivity contribution in [2.24, 2.45) is 0 Å². The minimum absolute atomic E-state index is 0.0393. The molecule has 28 rings (SSSR count). The highest BCUT2D eigenvalue weighted by Crippen LogP contribution is 2.66. The number of para-hydroxylation sites is 6. The molecule has 0 fully saturated rings. The SMILES string of the molecule is CC1(C)c2ccccc2-c2cc(N(c3ccc(-c4ccc(C5(c6ccccc6)c6ccccc6-c6c5ccc5c6Oc6ccccc6O5)cc4)cc3)c3ccc4c(c3)oc3ccccc34)ccc21.CC1(C)c2ccccc2-c2cc(Nc3ccc4c(c3)oc3ccccc34)ccc21.Clc1ccc(-c2ccc(C3(c4ccccc4)c4ccccc4-c4c3ccc3c4Oc4ccccc4O3)cc2)cc1. The summed E-state index contributed by atoms with van der Waals surface area (Å²) in [6.45, 7) is 9.28. The number of ether oxygens (including phenoxy) is 4. The van der Waals surface area contributed by atoms with Crippen LogP contribution in [0.2, 0.25) is 5.02 Å². The van der Waals surface area contributed by atoms with E-state index in [1.54, 1.807) is 0 Å². The highest BCUT2D eigenvalue weighted by Gasteiger charge is 2.51. The lowest BCUT2D eigenvalue weighted by molar-refractivity contribution is 0.360. The molecule has 22 aromatic rings. The van der Waals surface area contributed by atoms with Crippen LogP contribution in [0.3, 0.4) is 0 Å². The first-order chi connectivity index (χ1) is 67.3. The number of anilines is 5. The van der Waals surface area contributed by atoms with E-state index >= 15 is 0 Å². The molecule has 6 aliphatic rings. The number of rotatable bonds is 11. The predicted molar refractivity (Wildman–Crippen MR) is 557 cm³/mol. The van der Waals surface area contributed by atoms with Gasteiger partial charge in [-0.3, -0.25) is 0 Å². The van der Waals surface area contributed by atoms with E-state index in [9.17, 15) is 0 Å². The Morgan fingerprint density at radius 2 is 0.562 bits per heavy atom. The standard InChI is InChI=1S/C64H43NO3.C37H23ClO2.C27H21NO/c1-63(2)52-19-9-6-16-47(52)51-38-45(33-35-53(51)63)65(46-32-34-49-48-17-8-11-21-56(48)66-60(49)39-46)44-30-26-41(27-31-44)40-24-28-43(29-25-40)64(42-14-4-3-5-15-42)54-20-10-7-18-50(54)61-55(64)36-37-59-62(61)68-58-23-13-12-22-57(58)67-59;38-28-20-16-25(17-21-28)24-14-18-27(19-15-24)37(26-8-2-1-3-9-26)30-11-5-4-10-29(30)35-31(37)22-23-34-36(35)40-33-13-7-6-12-32(33)39-34;1-27(2)23-9-5-3-7-19(23)22-15-17(12-14-24(22)27)28-18-11-13-21-20-8-4-6-10-25(20)29-26(21)16-18/h3-39H,1-2H3;1-23H;3-16,28H,1-2H3. The topological polar surface area (TPSA) is 78.5 Å². The second-order valence-electron chi connectivity index (χ2n) is 37.3. The minimum atomic E-state index is -0.599. The molecular formula is C128H87ClN2O6. The molecule has 0 saturated heterocycles. The molecule has 0 bridgehead atoms. The third-order valence-corrected chi connectivity index (χ3v) is 29.4. The Balaban J connectivity index is 0.000000118. The zero-order chi connectivity index (χ0) is 91.4. The van der Waals surface area contributed by atoms with Crippen LogP contribution in [0, 0.1) is 0 Å². The van der Waals surface area contributed by atoms with Crippen molar-refractivity contribution in [1.29, 1.82) is 0 Å². The number of nitrogens with one attached hydrogen (secondary N) is 1. The van der Waals surface area contributed by atoms with Crippen LogP contribution in [0.25, 0.3) is 111 Å². The van der Waals surface area contributed by atoms with Gasteiger partial charge in [-0.05, 0) is 244 Å². The van der Waals surface area contributed by atoms with Gasteiger partial charge in [-0.2, -0.15) is 0 Å². The number of furan rings is 2. The number of halogens is 1. The van der Waals surface area contributed by atoms with Crippen LogP contribution >= 0.6 is 11.6 Å². The molecule has 2 atom stereocenters. The van der Waals surface area contributed by atoms with Gasteiger partial charge in [-0.1, -0.05) is 355 Å². The van der Waals surface area contributed by atoms with Gasteiger partial charge in [0.1, 0.15) is 22.3 Å². The highest BCUT2D eigenvalue weighted by molar-refractivity contribution is 6.30. The normalized spacial score (nSPS) is 15.5. The van der Waals surface area contributed by atoms with E-state index in [1.807, 2.05) is 91.0 Å². The maximum atomic E-state index is 6.74. The van der Waals surface area contributed by atoms with Crippen LogP contribution in [0.4, 0.5) is 28.4 Å². The maximum absolute atomic E-state index is 6.74. The zero-order valence-corrected chi connectivity index (χ0v) is 76.3. The first kappa shape index (κ1) is 80.9. The summed E-state index contributed by atoms with van der Waals surface area (Å²) < 4.78 is 38.6. The molecule has 0 amide bonds. The highest BCUT2D eigenvalue weighted by atomic mass is 35.5. The van der Waals surface area contributed by atoms with Crippen molar-refractivity contribution in [3.05, 3.63) is 521 Å². The fourth-order valence-electron chi connectivity index (χ4n) is 22.8. The molecular weight excluding hydrogens is 1700 g/mol. The molecule has 9 heteroatoms. The zero-order valence-electron chi connectivity index (χ0n) is 75.5. The first-order valence-corrected chi connectivity index (χ1v) is 47.2. The van der Waals surface area contributed by atoms with Crippen LogP contribution < -0.4 is 29.2 Å². The van der Waals surface area contributed by atoms with Gasteiger partial charge >= 0.3 is 0 Å². The van der Waals surface area contributed by atoms with Crippen LogP contribution in [-0.2, 0) is 21.7 Å². The Morgan fingerprint density at radius 1 is 0.226 bits per heavy atom. The molecule has 4 aliphatic carbocycles. The maximum Gasteiger partial charge on any atom is 0.178 e. The Bertz CT molecular complexity index is 8630. The van der Waals surface area contributed by atoms with E-state index in [4.69, 9.17) is 39.4 Å². The Hall–Kier alpha value is -16.9. The third kappa shape index (κ3) is 12.8. The Kier molecular flexibility index (Phi) is 18.7. The van der Waals surface area contributed by atoms with Gasteiger partial charge in [-0.25, -0.2) is 0 Å². The quantitative estimate of drug-likeness (QED) is 0.137. The average Bonchev–Trinajstić information content (AvgIpc) is 1.53. The lowest BCUT2D eigenvalue weighted by atomic mass is 9.67. The monoisotopic (exact) mass is 1780 g/mol. The molecule has 4 heterocycles. The number of benzene rings is 20. The summed E-state index contributed by atoms with van der Waals surface area (Å²) in [5, 5.41) is 8.84.